The first-order valence-corrected chi connectivity index (χ1v) is 7.01. The molecule has 110 valence electrons. The molecule has 3 N–H and O–H groups in total. The topological polar surface area (TPSA) is 81.7 Å². The maximum Gasteiger partial charge on any atom is 0.326 e. The van der Waals surface area contributed by atoms with Gasteiger partial charge in [-0.25, -0.2) is 9.59 Å². The standard InChI is InChI=1S/C13H25N3O3/c1-3-4-7-11(12(17)18)15-13(19)14-10-6-5-8-16(2)9-10/h10-11H,3-9H2,1-2H3,(H,17,18)(H2,14,15,19). The molecule has 6 nitrogen and oxygen atoms in total. The SMILES string of the molecule is CCCCC(NC(=O)NC1CCCN(C)C1)C(=O)O. The van der Waals surface area contributed by atoms with Crippen LogP contribution in [0, 0.1) is 0 Å². The van der Waals surface area contributed by atoms with Crippen molar-refractivity contribution in [3.8, 4) is 0 Å². The smallest absolute Gasteiger partial charge is 0.326 e. The quantitative estimate of drug-likeness (QED) is 0.674. The van der Waals surface area contributed by atoms with Crippen LogP contribution in [0.25, 0.3) is 0 Å². The fourth-order valence-corrected chi connectivity index (χ4v) is 2.34. The second kappa shape index (κ2) is 7.99. The first kappa shape index (κ1) is 15.8. The first-order chi connectivity index (χ1) is 9.02. The molecule has 0 spiro atoms. The summed E-state index contributed by atoms with van der Waals surface area (Å²) in [6.07, 6.45) is 4.19. The fraction of sp³-hybridized carbons (Fsp3) is 0.846. The van der Waals surface area contributed by atoms with E-state index in [0.29, 0.717) is 6.42 Å². The molecule has 0 aromatic heterocycles. The van der Waals surface area contributed by atoms with Crippen LogP contribution in [0.15, 0.2) is 0 Å². The van der Waals surface area contributed by atoms with Gasteiger partial charge >= 0.3 is 12.0 Å². The Kier molecular flexibility index (Phi) is 6.62. The van der Waals surface area contributed by atoms with Gasteiger partial charge in [-0.2, -0.15) is 0 Å². The van der Waals surface area contributed by atoms with E-state index in [0.717, 1.165) is 38.8 Å². The molecule has 1 aliphatic rings. The van der Waals surface area contributed by atoms with Gasteiger partial charge in [0.05, 0.1) is 0 Å². The van der Waals surface area contributed by atoms with Crippen molar-refractivity contribution in [3.05, 3.63) is 0 Å². The summed E-state index contributed by atoms with van der Waals surface area (Å²) in [6.45, 7) is 3.87. The summed E-state index contributed by atoms with van der Waals surface area (Å²) < 4.78 is 0. The Labute approximate surface area is 114 Å². The van der Waals surface area contributed by atoms with Gasteiger partial charge in [-0.05, 0) is 32.9 Å². The molecule has 1 rings (SSSR count). The van der Waals surface area contributed by atoms with Crippen molar-refractivity contribution in [2.45, 2.75) is 51.1 Å². The molecule has 2 amide bonds. The molecule has 0 saturated carbocycles. The van der Waals surface area contributed by atoms with Crippen molar-refractivity contribution in [1.29, 1.82) is 0 Å². The number of likely N-dealkylation sites (N-methyl/N-ethyl adjacent to an activating group) is 1. The number of carbonyl (C=O) groups is 2. The van der Waals surface area contributed by atoms with E-state index in [1.165, 1.54) is 0 Å². The van der Waals surface area contributed by atoms with Crippen LogP contribution in [0.1, 0.15) is 39.0 Å². The largest absolute Gasteiger partial charge is 0.480 e. The fourth-order valence-electron chi connectivity index (χ4n) is 2.34. The molecule has 1 fully saturated rings. The van der Waals surface area contributed by atoms with Crippen LogP contribution in [-0.2, 0) is 4.79 Å². The van der Waals surface area contributed by atoms with Gasteiger partial charge in [-0.1, -0.05) is 19.8 Å². The summed E-state index contributed by atoms with van der Waals surface area (Å²) in [5.41, 5.74) is 0. The van der Waals surface area contributed by atoms with Crippen LogP contribution in [0.3, 0.4) is 0 Å². The van der Waals surface area contributed by atoms with Crippen LogP contribution < -0.4 is 10.6 Å². The first-order valence-electron chi connectivity index (χ1n) is 7.01. The Hall–Kier alpha value is -1.30. The van der Waals surface area contributed by atoms with E-state index in [1.54, 1.807) is 0 Å². The molecule has 1 saturated heterocycles. The van der Waals surface area contributed by atoms with E-state index < -0.39 is 12.0 Å². The lowest BCUT2D eigenvalue weighted by Crippen LogP contribution is -2.52. The zero-order valence-corrected chi connectivity index (χ0v) is 11.8. The van der Waals surface area contributed by atoms with Gasteiger partial charge in [0.25, 0.3) is 0 Å². The summed E-state index contributed by atoms with van der Waals surface area (Å²) in [4.78, 5) is 25.0. The van der Waals surface area contributed by atoms with E-state index in [2.05, 4.69) is 15.5 Å². The summed E-state index contributed by atoms with van der Waals surface area (Å²) in [5, 5.41) is 14.4. The number of amides is 2. The maximum atomic E-state index is 11.8. The van der Waals surface area contributed by atoms with Crippen molar-refractivity contribution >= 4 is 12.0 Å². The number of aliphatic carboxylic acids is 1. The number of rotatable bonds is 6. The van der Waals surface area contributed by atoms with Gasteiger partial charge in [-0.15, -0.1) is 0 Å². The van der Waals surface area contributed by atoms with Crippen LogP contribution >= 0.6 is 0 Å². The number of carboxylic acids is 1. The molecule has 19 heavy (non-hydrogen) atoms. The van der Waals surface area contributed by atoms with Crippen molar-refractivity contribution < 1.29 is 14.7 Å². The Morgan fingerprint density at radius 2 is 2.21 bits per heavy atom. The third kappa shape index (κ3) is 5.92. The highest BCUT2D eigenvalue weighted by Crippen LogP contribution is 2.08. The molecule has 2 atom stereocenters. The van der Waals surface area contributed by atoms with Gasteiger partial charge in [0, 0.05) is 12.6 Å². The predicted molar refractivity (Wildman–Crippen MR) is 73.1 cm³/mol. The number of piperidine rings is 1. The minimum atomic E-state index is -0.968. The minimum absolute atomic E-state index is 0.111. The van der Waals surface area contributed by atoms with Crippen molar-refractivity contribution in [2.75, 3.05) is 20.1 Å². The van der Waals surface area contributed by atoms with Crippen LogP contribution in [-0.4, -0.2) is 54.2 Å². The lowest BCUT2D eigenvalue weighted by atomic mass is 10.1. The number of hydrogen-bond acceptors (Lipinski definition) is 3. The second-order valence-corrected chi connectivity index (χ2v) is 5.25. The third-order valence-corrected chi connectivity index (χ3v) is 3.41. The zero-order chi connectivity index (χ0) is 14.3. The lowest BCUT2D eigenvalue weighted by molar-refractivity contribution is -0.139. The molecule has 0 aromatic rings. The average molecular weight is 271 g/mol. The molecular formula is C13H25N3O3. The Bertz CT molecular complexity index is 310. The summed E-state index contributed by atoms with van der Waals surface area (Å²) in [7, 11) is 2.02. The molecule has 2 unspecified atom stereocenters. The van der Waals surface area contributed by atoms with Gasteiger partial charge in [0.2, 0.25) is 0 Å². The number of likely N-dealkylation sites (tertiary alicyclic amines) is 1. The van der Waals surface area contributed by atoms with Crippen molar-refractivity contribution in [2.24, 2.45) is 0 Å². The number of unbranched alkanes of at least 4 members (excludes halogenated alkanes) is 1. The molecule has 1 aliphatic heterocycles. The number of nitrogens with zero attached hydrogens (tertiary/aromatic N) is 1. The van der Waals surface area contributed by atoms with Gasteiger partial charge < -0.3 is 20.6 Å². The van der Waals surface area contributed by atoms with Gasteiger partial charge in [0.1, 0.15) is 6.04 Å². The number of hydrogen-bond donors (Lipinski definition) is 3. The van der Waals surface area contributed by atoms with Crippen LogP contribution in [0.4, 0.5) is 4.79 Å². The van der Waals surface area contributed by atoms with E-state index in [-0.39, 0.29) is 12.1 Å². The molecule has 6 heteroatoms. The summed E-state index contributed by atoms with van der Waals surface area (Å²) in [6, 6.07) is -1.05. The average Bonchev–Trinajstić information content (AvgIpc) is 2.34. The number of urea groups is 1. The molecule has 1 heterocycles. The summed E-state index contributed by atoms with van der Waals surface area (Å²) in [5.74, 6) is -0.968. The Morgan fingerprint density at radius 1 is 1.47 bits per heavy atom. The predicted octanol–water partition coefficient (Wildman–Crippen LogP) is 1.02. The molecule has 0 aliphatic carbocycles. The van der Waals surface area contributed by atoms with Crippen molar-refractivity contribution in [1.82, 2.24) is 15.5 Å². The third-order valence-electron chi connectivity index (χ3n) is 3.41. The molecule has 0 aromatic carbocycles. The van der Waals surface area contributed by atoms with E-state index in [9.17, 15) is 9.59 Å². The zero-order valence-electron chi connectivity index (χ0n) is 11.8. The van der Waals surface area contributed by atoms with Crippen LogP contribution in [0.5, 0.6) is 0 Å². The lowest BCUT2D eigenvalue weighted by Gasteiger charge is -2.30. The maximum absolute atomic E-state index is 11.8. The van der Waals surface area contributed by atoms with Gasteiger partial charge in [-0.3, -0.25) is 0 Å². The van der Waals surface area contributed by atoms with E-state index in [1.807, 2.05) is 14.0 Å². The molecule has 0 radical (unpaired) electrons. The highest BCUT2D eigenvalue weighted by Gasteiger charge is 2.22. The Morgan fingerprint density at radius 3 is 2.79 bits per heavy atom. The second-order valence-electron chi connectivity index (χ2n) is 5.25. The van der Waals surface area contributed by atoms with Crippen molar-refractivity contribution in [3.63, 3.8) is 0 Å². The number of carbonyl (C=O) groups excluding carboxylic acids is 1. The highest BCUT2D eigenvalue weighted by atomic mass is 16.4. The normalized spacial score (nSPS) is 21.7. The molecule has 0 bridgehead atoms. The Balaban J connectivity index is 2.37. The van der Waals surface area contributed by atoms with Gasteiger partial charge in [0.15, 0.2) is 0 Å². The summed E-state index contributed by atoms with van der Waals surface area (Å²) >= 11 is 0. The van der Waals surface area contributed by atoms with Crippen LogP contribution in [0.2, 0.25) is 0 Å². The minimum Gasteiger partial charge on any atom is -0.480 e. The number of nitrogens with one attached hydrogen (secondary N) is 2. The van der Waals surface area contributed by atoms with E-state index >= 15 is 0 Å². The highest BCUT2D eigenvalue weighted by molar-refractivity contribution is 5.82. The monoisotopic (exact) mass is 271 g/mol. The van der Waals surface area contributed by atoms with E-state index in [4.69, 9.17) is 5.11 Å². The molecular weight excluding hydrogens is 246 g/mol. The number of carboxylic acid groups (broad SMARTS) is 1.